The largest absolute Gasteiger partial charge is 0.491 e. The molecule has 2 aromatic rings. The van der Waals surface area contributed by atoms with Gasteiger partial charge in [-0.25, -0.2) is 0 Å². The molecule has 140 valence electrons. The molecule has 1 atom stereocenters. The fraction of sp³-hybridized carbons (Fsp3) is 0.429. The molecule has 5 heteroatoms. The molecule has 0 radical (unpaired) electrons. The van der Waals surface area contributed by atoms with Gasteiger partial charge in [0.2, 0.25) is 0 Å². The SMILES string of the molecule is Cc1cccc(OCC(O)CN2CCN(Cc3ccc(Cl)cc3)CC2)c1. The van der Waals surface area contributed by atoms with Crippen molar-refractivity contribution in [2.45, 2.75) is 19.6 Å². The summed E-state index contributed by atoms with van der Waals surface area (Å²) in [6, 6.07) is 16.0. The molecule has 1 N–H and O–H groups in total. The fourth-order valence-electron chi connectivity index (χ4n) is 3.23. The number of aliphatic hydroxyl groups excluding tert-OH is 1. The van der Waals surface area contributed by atoms with Crippen molar-refractivity contribution in [3.63, 3.8) is 0 Å². The third-order valence-corrected chi connectivity index (χ3v) is 4.94. The number of β-amino-alcohol motifs (C(OH)–C–C–N with tert-alkyl or cyclic N) is 1. The lowest BCUT2D eigenvalue weighted by Gasteiger charge is -2.35. The predicted molar refractivity (Wildman–Crippen MR) is 106 cm³/mol. The normalized spacial score (nSPS) is 17.2. The fourth-order valence-corrected chi connectivity index (χ4v) is 3.35. The van der Waals surface area contributed by atoms with Crippen LogP contribution in [0, 0.1) is 6.92 Å². The number of nitrogens with zero attached hydrogens (tertiary/aromatic N) is 2. The molecule has 1 aliphatic heterocycles. The molecule has 26 heavy (non-hydrogen) atoms. The first kappa shape index (κ1) is 19.2. The topological polar surface area (TPSA) is 35.9 Å². The molecular weight excluding hydrogens is 348 g/mol. The van der Waals surface area contributed by atoms with E-state index >= 15 is 0 Å². The van der Waals surface area contributed by atoms with E-state index in [4.69, 9.17) is 16.3 Å². The molecule has 1 aliphatic rings. The zero-order chi connectivity index (χ0) is 18.4. The number of hydrogen-bond donors (Lipinski definition) is 1. The maximum absolute atomic E-state index is 10.3. The van der Waals surface area contributed by atoms with Gasteiger partial charge in [0.1, 0.15) is 18.5 Å². The van der Waals surface area contributed by atoms with E-state index in [0.29, 0.717) is 13.2 Å². The zero-order valence-corrected chi connectivity index (χ0v) is 16.0. The Morgan fingerprint density at radius 2 is 1.73 bits per heavy atom. The van der Waals surface area contributed by atoms with E-state index < -0.39 is 6.10 Å². The standard InChI is InChI=1S/C21H27ClN2O2/c1-17-3-2-4-21(13-17)26-16-20(25)15-24-11-9-23(10-12-24)14-18-5-7-19(22)8-6-18/h2-8,13,20,25H,9-12,14-16H2,1H3. The van der Waals surface area contributed by atoms with Gasteiger partial charge >= 0.3 is 0 Å². The van der Waals surface area contributed by atoms with Crippen molar-refractivity contribution in [2.75, 3.05) is 39.3 Å². The minimum absolute atomic E-state index is 0.328. The first-order valence-electron chi connectivity index (χ1n) is 9.15. The maximum atomic E-state index is 10.3. The highest BCUT2D eigenvalue weighted by atomic mass is 35.5. The highest BCUT2D eigenvalue weighted by Gasteiger charge is 2.19. The highest BCUT2D eigenvalue weighted by molar-refractivity contribution is 6.30. The number of rotatable bonds is 7. The lowest BCUT2D eigenvalue weighted by atomic mass is 10.2. The number of aliphatic hydroxyl groups is 1. The van der Waals surface area contributed by atoms with Gasteiger partial charge in [-0.05, 0) is 42.3 Å². The van der Waals surface area contributed by atoms with Gasteiger partial charge in [-0.1, -0.05) is 35.9 Å². The summed E-state index contributed by atoms with van der Waals surface area (Å²) >= 11 is 5.94. The monoisotopic (exact) mass is 374 g/mol. The average Bonchev–Trinajstić information content (AvgIpc) is 2.64. The van der Waals surface area contributed by atoms with Crippen LogP contribution in [0.2, 0.25) is 5.02 Å². The summed E-state index contributed by atoms with van der Waals surface area (Å²) in [5.41, 5.74) is 2.45. The number of aryl methyl sites for hydroxylation is 1. The Hall–Kier alpha value is -1.59. The van der Waals surface area contributed by atoms with E-state index in [0.717, 1.165) is 49.1 Å². The first-order valence-corrected chi connectivity index (χ1v) is 9.53. The quantitative estimate of drug-likeness (QED) is 0.807. The minimum atomic E-state index is -0.474. The van der Waals surface area contributed by atoms with E-state index in [2.05, 4.69) is 21.9 Å². The molecule has 0 bridgehead atoms. The zero-order valence-electron chi connectivity index (χ0n) is 15.3. The first-order chi connectivity index (χ1) is 12.6. The van der Waals surface area contributed by atoms with E-state index in [9.17, 15) is 5.11 Å². The highest BCUT2D eigenvalue weighted by Crippen LogP contribution is 2.14. The van der Waals surface area contributed by atoms with Crippen LogP contribution in [0.3, 0.4) is 0 Å². The Morgan fingerprint density at radius 3 is 2.42 bits per heavy atom. The molecule has 1 unspecified atom stereocenters. The van der Waals surface area contributed by atoms with Gasteiger partial charge in [0.15, 0.2) is 0 Å². The van der Waals surface area contributed by atoms with Gasteiger partial charge in [0, 0.05) is 44.3 Å². The van der Waals surface area contributed by atoms with Crippen LogP contribution in [0.25, 0.3) is 0 Å². The summed E-state index contributed by atoms with van der Waals surface area (Å²) in [6.07, 6.45) is -0.474. The molecule has 2 aromatic carbocycles. The Balaban J connectivity index is 1.37. The summed E-state index contributed by atoms with van der Waals surface area (Å²) in [7, 11) is 0. The molecule has 0 amide bonds. The van der Waals surface area contributed by atoms with Crippen LogP contribution in [0.5, 0.6) is 5.75 Å². The molecule has 3 rings (SSSR count). The average molecular weight is 375 g/mol. The molecule has 0 aliphatic carbocycles. The second kappa shape index (κ2) is 9.38. The number of piperazine rings is 1. The van der Waals surface area contributed by atoms with Crippen molar-refractivity contribution in [1.82, 2.24) is 9.80 Å². The third kappa shape index (κ3) is 5.99. The number of halogens is 1. The van der Waals surface area contributed by atoms with Gasteiger partial charge in [0.25, 0.3) is 0 Å². The van der Waals surface area contributed by atoms with Gasteiger partial charge in [-0.3, -0.25) is 9.80 Å². The Labute approximate surface area is 160 Å². The van der Waals surface area contributed by atoms with Crippen LogP contribution in [-0.4, -0.2) is 60.3 Å². The van der Waals surface area contributed by atoms with Crippen molar-refractivity contribution in [3.8, 4) is 5.75 Å². The second-order valence-electron chi connectivity index (χ2n) is 6.98. The third-order valence-electron chi connectivity index (χ3n) is 4.69. The van der Waals surface area contributed by atoms with E-state index in [1.165, 1.54) is 5.56 Å². The van der Waals surface area contributed by atoms with Crippen LogP contribution in [0.1, 0.15) is 11.1 Å². The molecule has 4 nitrogen and oxygen atoms in total. The Morgan fingerprint density at radius 1 is 1.04 bits per heavy atom. The van der Waals surface area contributed by atoms with Crippen LogP contribution in [-0.2, 0) is 6.54 Å². The number of hydrogen-bond acceptors (Lipinski definition) is 4. The summed E-state index contributed by atoms with van der Waals surface area (Å²) in [4.78, 5) is 4.75. The summed E-state index contributed by atoms with van der Waals surface area (Å²) in [5, 5.41) is 11.0. The summed E-state index contributed by atoms with van der Waals surface area (Å²) in [5.74, 6) is 0.817. The van der Waals surface area contributed by atoms with Crippen molar-refractivity contribution in [2.24, 2.45) is 0 Å². The number of benzene rings is 2. The molecule has 0 saturated carbocycles. The lowest BCUT2D eigenvalue weighted by Crippen LogP contribution is -2.48. The molecular formula is C21H27ClN2O2. The molecule has 1 heterocycles. The Bertz CT molecular complexity index is 685. The maximum Gasteiger partial charge on any atom is 0.119 e. The smallest absolute Gasteiger partial charge is 0.119 e. The van der Waals surface area contributed by atoms with E-state index in [1.807, 2.05) is 43.3 Å². The van der Waals surface area contributed by atoms with Crippen molar-refractivity contribution in [3.05, 3.63) is 64.7 Å². The Kier molecular flexibility index (Phi) is 6.92. The molecule has 1 fully saturated rings. The summed E-state index contributed by atoms with van der Waals surface area (Å²) < 4.78 is 5.70. The lowest BCUT2D eigenvalue weighted by molar-refractivity contribution is 0.0446. The van der Waals surface area contributed by atoms with Gasteiger partial charge < -0.3 is 9.84 Å². The number of ether oxygens (including phenoxy) is 1. The predicted octanol–water partition coefficient (Wildman–Crippen LogP) is 3.21. The van der Waals surface area contributed by atoms with Crippen LogP contribution >= 0.6 is 11.6 Å². The molecule has 1 saturated heterocycles. The van der Waals surface area contributed by atoms with Gasteiger partial charge in [-0.2, -0.15) is 0 Å². The van der Waals surface area contributed by atoms with Gasteiger partial charge in [-0.15, -0.1) is 0 Å². The van der Waals surface area contributed by atoms with Crippen molar-refractivity contribution < 1.29 is 9.84 Å². The van der Waals surface area contributed by atoms with Crippen molar-refractivity contribution >= 4 is 11.6 Å². The van der Waals surface area contributed by atoms with E-state index in [-0.39, 0.29) is 0 Å². The van der Waals surface area contributed by atoms with Crippen molar-refractivity contribution in [1.29, 1.82) is 0 Å². The molecule has 0 spiro atoms. The van der Waals surface area contributed by atoms with Crippen LogP contribution in [0.4, 0.5) is 0 Å². The molecule has 0 aromatic heterocycles. The minimum Gasteiger partial charge on any atom is -0.491 e. The van der Waals surface area contributed by atoms with Gasteiger partial charge in [0.05, 0.1) is 0 Å². The summed E-state index contributed by atoms with van der Waals surface area (Å²) in [6.45, 7) is 7.91. The van der Waals surface area contributed by atoms with E-state index in [1.54, 1.807) is 0 Å². The second-order valence-corrected chi connectivity index (χ2v) is 7.42. The van der Waals surface area contributed by atoms with Crippen LogP contribution in [0.15, 0.2) is 48.5 Å². The van der Waals surface area contributed by atoms with Crippen LogP contribution < -0.4 is 4.74 Å².